The first-order valence-corrected chi connectivity index (χ1v) is 12.5. The van der Waals surface area contributed by atoms with Gasteiger partial charge in [-0.3, -0.25) is 9.59 Å². The molecule has 1 amide bonds. The molecule has 0 spiro atoms. The average molecular weight is 498 g/mol. The zero-order chi connectivity index (χ0) is 25.8. The first-order chi connectivity index (χ1) is 17.4. The maximum absolute atomic E-state index is 13.5. The van der Waals surface area contributed by atoms with Crippen LogP contribution in [0.5, 0.6) is 5.75 Å². The molecule has 2 aromatic heterocycles. The summed E-state index contributed by atoms with van der Waals surface area (Å²) in [5.41, 5.74) is 9.50. The Labute approximate surface area is 210 Å². The summed E-state index contributed by atoms with van der Waals surface area (Å²) in [6.07, 6.45) is 1.87. The van der Waals surface area contributed by atoms with E-state index in [0.29, 0.717) is 41.6 Å². The van der Waals surface area contributed by atoms with Crippen molar-refractivity contribution < 1.29 is 13.9 Å². The number of hydrogen-bond donors (Lipinski definition) is 3. The van der Waals surface area contributed by atoms with E-state index in [2.05, 4.69) is 19.8 Å². The van der Waals surface area contributed by atoms with E-state index in [1.54, 1.807) is 13.0 Å². The Balaban J connectivity index is 1.64. The lowest BCUT2D eigenvalue weighted by molar-refractivity contribution is 0.0950. The van der Waals surface area contributed by atoms with Crippen LogP contribution in [0.25, 0.3) is 10.9 Å². The molecule has 4 rings (SSSR count). The number of aromatic nitrogens is 2. The lowest BCUT2D eigenvalue weighted by Crippen LogP contribution is -2.39. The molecule has 1 unspecified atom stereocenters. The number of benzene rings is 1. The van der Waals surface area contributed by atoms with Gasteiger partial charge in [-0.05, 0) is 57.8 Å². The molecule has 1 saturated heterocycles. The third-order valence-corrected chi connectivity index (χ3v) is 7.41. The number of nitrogens with one attached hydrogen (secondary N) is 2. The van der Waals surface area contributed by atoms with Gasteiger partial charge in [-0.15, -0.1) is 0 Å². The molecule has 36 heavy (non-hydrogen) atoms. The van der Waals surface area contributed by atoms with Crippen LogP contribution in [-0.4, -0.2) is 60.3 Å². The fourth-order valence-electron chi connectivity index (χ4n) is 5.59. The van der Waals surface area contributed by atoms with Gasteiger partial charge in [0.2, 0.25) is 0 Å². The first kappa shape index (κ1) is 25.9. The van der Waals surface area contributed by atoms with Crippen molar-refractivity contribution in [2.24, 2.45) is 11.7 Å². The Hall–Kier alpha value is -3.17. The summed E-state index contributed by atoms with van der Waals surface area (Å²) in [7, 11) is 1.51. The zero-order valence-corrected chi connectivity index (χ0v) is 21.3. The molecule has 0 bridgehead atoms. The number of likely N-dealkylation sites (tertiary alicyclic amines) is 1. The van der Waals surface area contributed by atoms with Crippen LogP contribution in [-0.2, 0) is 6.54 Å². The number of nitrogens with zero attached hydrogens (tertiary/aromatic N) is 2. The highest BCUT2D eigenvalue weighted by molar-refractivity contribution is 6.08. The Morgan fingerprint density at radius 3 is 2.67 bits per heavy atom. The quantitative estimate of drug-likeness (QED) is 0.421. The molecule has 0 radical (unpaired) electrons. The SMILES string of the molecule is COc1cc(C)[nH]c(=O)c1CNC(=O)c1c(C)n(C(CN)C2CCN(CCF)CC2)c2ccccc12. The minimum Gasteiger partial charge on any atom is -0.496 e. The number of carbonyl (C=O) groups excluding carboxylic acids is 1. The van der Waals surface area contributed by atoms with Crippen LogP contribution in [0.4, 0.5) is 4.39 Å². The van der Waals surface area contributed by atoms with Gasteiger partial charge in [0.1, 0.15) is 12.4 Å². The van der Waals surface area contributed by atoms with E-state index in [-0.39, 0.29) is 30.7 Å². The summed E-state index contributed by atoms with van der Waals surface area (Å²) in [4.78, 5) is 30.9. The molecule has 0 saturated carbocycles. The monoisotopic (exact) mass is 497 g/mol. The van der Waals surface area contributed by atoms with Crippen molar-refractivity contribution in [2.75, 3.05) is 40.0 Å². The fourth-order valence-corrected chi connectivity index (χ4v) is 5.59. The molecule has 1 fully saturated rings. The van der Waals surface area contributed by atoms with Gasteiger partial charge in [-0.1, -0.05) is 18.2 Å². The van der Waals surface area contributed by atoms with Crippen LogP contribution in [0.15, 0.2) is 35.1 Å². The van der Waals surface area contributed by atoms with E-state index < -0.39 is 0 Å². The van der Waals surface area contributed by atoms with E-state index in [0.717, 1.165) is 42.5 Å². The van der Waals surface area contributed by atoms with E-state index >= 15 is 0 Å². The zero-order valence-electron chi connectivity index (χ0n) is 21.3. The van der Waals surface area contributed by atoms with E-state index in [4.69, 9.17) is 10.5 Å². The minimum absolute atomic E-state index is 0.0315. The number of fused-ring (bicyclic) bond motifs is 1. The van der Waals surface area contributed by atoms with Gasteiger partial charge >= 0.3 is 0 Å². The number of amides is 1. The number of ether oxygens (including phenoxy) is 1. The molecule has 9 heteroatoms. The number of piperidine rings is 1. The van der Waals surface area contributed by atoms with E-state index in [9.17, 15) is 14.0 Å². The van der Waals surface area contributed by atoms with E-state index in [1.807, 2.05) is 31.2 Å². The van der Waals surface area contributed by atoms with Gasteiger partial charge < -0.3 is 30.2 Å². The Bertz CT molecular complexity index is 1280. The number of methoxy groups -OCH3 is 1. The predicted octanol–water partition coefficient (Wildman–Crippen LogP) is 3.07. The molecule has 4 N–H and O–H groups in total. The molecule has 1 aliphatic heterocycles. The van der Waals surface area contributed by atoms with Crippen molar-refractivity contribution in [3.63, 3.8) is 0 Å². The predicted molar refractivity (Wildman–Crippen MR) is 139 cm³/mol. The smallest absolute Gasteiger partial charge is 0.256 e. The lowest BCUT2D eigenvalue weighted by atomic mass is 9.89. The summed E-state index contributed by atoms with van der Waals surface area (Å²) >= 11 is 0. The molecule has 1 aromatic carbocycles. The van der Waals surface area contributed by atoms with Crippen LogP contribution < -0.4 is 21.3 Å². The van der Waals surface area contributed by atoms with Crippen LogP contribution in [0.1, 0.15) is 46.2 Å². The van der Waals surface area contributed by atoms with Gasteiger partial charge in [0.25, 0.3) is 11.5 Å². The average Bonchev–Trinajstić information content (AvgIpc) is 3.16. The summed E-state index contributed by atoms with van der Waals surface area (Å²) in [6, 6.07) is 9.63. The number of para-hydroxylation sites is 1. The van der Waals surface area contributed by atoms with Gasteiger partial charge in [0, 0.05) is 41.4 Å². The highest BCUT2D eigenvalue weighted by Crippen LogP contribution is 2.35. The standard InChI is InChI=1S/C27H36FN5O3/c1-17-14-24(36-3)21(26(34)31-17)16-30-27(35)25-18(2)33(22-7-5-4-6-20(22)25)23(15-29)19-8-11-32(12-9-19)13-10-28/h4-7,14,19,23H,8-13,15-16,29H2,1-3H3,(H,30,35)(H,31,34). The topological polar surface area (TPSA) is 105 Å². The summed E-state index contributed by atoms with van der Waals surface area (Å²) in [5, 5.41) is 3.78. The van der Waals surface area contributed by atoms with Gasteiger partial charge in [-0.25, -0.2) is 4.39 Å². The molecule has 1 aliphatic rings. The second kappa shape index (κ2) is 11.3. The number of carbonyl (C=O) groups is 1. The van der Waals surface area contributed by atoms with Gasteiger partial charge in [0.15, 0.2) is 0 Å². The second-order valence-electron chi connectivity index (χ2n) is 9.53. The number of aryl methyl sites for hydroxylation is 1. The normalized spacial score (nSPS) is 15.8. The largest absolute Gasteiger partial charge is 0.496 e. The van der Waals surface area contributed by atoms with Crippen molar-refractivity contribution >= 4 is 16.8 Å². The third kappa shape index (κ3) is 5.03. The number of hydrogen-bond acceptors (Lipinski definition) is 5. The summed E-state index contributed by atoms with van der Waals surface area (Å²) < 4.78 is 20.4. The Kier molecular flexibility index (Phi) is 8.11. The molecule has 8 nitrogen and oxygen atoms in total. The molecular formula is C27H36FN5O3. The number of aromatic amines is 1. The molecule has 0 aliphatic carbocycles. The third-order valence-electron chi connectivity index (χ3n) is 7.41. The first-order valence-electron chi connectivity index (χ1n) is 12.5. The minimum atomic E-state index is -0.328. The number of rotatable bonds is 9. The molecule has 3 heterocycles. The van der Waals surface area contributed by atoms with Crippen LogP contribution >= 0.6 is 0 Å². The lowest BCUT2D eigenvalue weighted by Gasteiger charge is -2.36. The number of nitrogens with two attached hydrogens (primary N) is 1. The number of halogens is 1. The maximum Gasteiger partial charge on any atom is 0.256 e. The van der Waals surface area contributed by atoms with Crippen LogP contribution in [0, 0.1) is 19.8 Å². The molecule has 194 valence electrons. The number of H-pyrrole nitrogens is 1. The summed E-state index contributed by atoms with van der Waals surface area (Å²) in [5.74, 6) is 0.530. The second-order valence-corrected chi connectivity index (χ2v) is 9.53. The Morgan fingerprint density at radius 2 is 2.00 bits per heavy atom. The fraction of sp³-hybridized carbons (Fsp3) is 0.481. The van der Waals surface area contributed by atoms with Gasteiger partial charge in [-0.2, -0.15) is 0 Å². The van der Waals surface area contributed by atoms with Crippen molar-refractivity contribution in [3.8, 4) is 5.75 Å². The van der Waals surface area contributed by atoms with Crippen molar-refractivity contribution in [3.05, 3.63) is 63.2 Å². The van der Waals surface area contributed by atoms with Crippen LogP contribution in [0.3, 0.4) is 0 Å². The maximum atomic E-state index is 13.5. The van der Waals surface area contributed by atoms with Crippen molar-refractivity contribution in [1.82, 2.24) is 19.8 Å². The van der Waals surface area contributed by atoms with Crippen molar-refractivity contribution in [1.29, 1.82) is 0 Å². The Morgan fingerprint density at radius 1 is 1.28 bits per heavy atom. The van der Waals surface area contributed by atoms with Crippen LogP contribution in [0.2, 0.25) is 0 Å². The number of alkyl halides is 1. The van der Waals surface area contributed by atoms with Crippen molar-refractivity contribution in [2.45, 2.75) is 39.3 Å². The summed E-state index contributed by atoms with van der Waals surface area (Å²) in [6.45, 7) is 6.08. The van der Waals surface area contributed by atoms with Gasteiger partial charge in [0.05, 0.1) is 24.8 Å². The van der Waals surface area contributed by atoms with E-state index in [1.165, 1.54) is 7.11 Å². The highest BCUT2D eigenvalue weighted by atomic mass is 19.1. The highest BCUT2D eigenvalue weighted by Gasteiger charge is 2.31. The molecular weight excluding hydrogens is 461 g/mol. The molecule has 3 aromatic rings. The number of pyridine rings is 1. The molecule has 1 atom stereocenters.